The Morgan fingerprint density at radius 3 is 2.73 bits per heavy atom. The molecule has 5 nitrogen and oxygen atoms in total. The molecule has 1 saturated heterocycles. The maximum atomic E-state index is 12.2. The molecule has 1 aromatic rings. The maximum Gasteiger partial charge on any atom is 0.317 e. The molecule has 5 heteroatoms. The topological polar surface area (TPSA) is 69.6 Å². The number of hydrogen-bond donors (Lipinski definition) is 2. The molecular formula is C17H24N2O3. The second-order valence-corrected chi connectivity index (χ2v) is 6.60. The summed E-state index contributed by atoms with van der Waals surface area (Å²) in [6.45, 7) is 7.17. The molecule has 0 saturated carbocycles. The summed E-state index contributed by atoms with van der Waals surface area (Å²) in [6.07, 6.45) is 0.499. The third-order valence-corrected chi connectivity index (χ3v) is 4.34. The minimum atomic E-state index is -0.840. The highest BCUT2D eigenvalue weighted by molar-refractivity contribution is 5.79. The summed E-state index contributed by atoms with van der Waals surface area (Å²) in [5.41, 5.74) is 1.47. The number of nitrogens with zero attached hydrogens (tertiary/aromatic N) is 1. The SMILES string of the molecule is CC(C)c1cccc(CNC(=O)N2CCC(C)(C(=O)O)C2)c1. The van der Waals surface area contributed by atoms with Crippen molar-refractivity contribution in [2.75, 3.05) is 13.1 Å². The number of carboxylic acid groups (broad SMARTS) is 1. The zero-order valence-corrected chi connectivity index (χ0v) is 13.4. The zero-order valence-electron chi connectivity index (χ0n) is 13.4. The van der Waals surface area contributed by atoms with Gasteiger partial charge in [0.25, 0.3) is 0 Å². The van der Waals surface area contributed by atoms with Crippen LogP contribution in [0.4, 0.5) is 4.79 Å². The van der Waals surface area contributed by atoms with Gasteiger partial charge in [-0.2, -0.15) is 0 Å². The lowest BCUT2D eigenvalue weighted by molar-refractivity contribution is -0.146. The molecule has 2 amide bonds. The fourth-order valence-electron chi connectivity index (χ4n) is 2.66. The highest BCUT2D eigenvalue weighted by Gasteiger charge is 2.42. The zero-order chi connectivity index (χ0) is 16.3. The predicted octanol–water partition coefficient (Wildman–Crippen LogP) is 2.82. The fraction of sp³-hybridized carbons (Fsp3) is 0.529. The van der Waals surface area contributed by atoms with Crippen LogP contribution in [0.15, 0.2) is 24.3 Å². The maximum absolute atomic E-state index is 12.2. The highest BCUT2D eigenvalue weighted by atomic mass is 16.4. The quantitative estimate of drug-likeness (QED) is 0.898. The molecule has 1 aliphatic heterocycles. The summed E-state index contributed by atoms with van der Waals surface area (Å²) in [7, 11) is 0. The van der Waals surface area contributed by atoms with Gasteiger partial charge in [0, 0.05) is 19.6 Å². The average molecular weight is 304 g/mol. The molecule has 0 radical (unpaired) electrons. The van der Waals surface area contributed by atoms with Crippen LogP contribution in [0, 0.1) is 5.41 Å². The van der Waals surface area contributed by atoms with Gasteiger partial charge < -0.3 is 15.3 Å². The van der Waals surface area contributed by atoms with E-state index in [9.17, 15) is 14.7 Å². The Kier molecular flexibility index (Phi) is 4.74. The van der Waals surface area contributed by atoms with Crippen molar-refractivity contribution < 1.29 is 14.7 Å². The van der Waals surface area contributed by atoms with Crippen molar-refractivity contribution in [1.82, 2.24) is 10.2 Å². The van der Waals surface area contributed by atoms with E-state index in [4.69, 9.17) is 0 Å². The first-order valence-corrected chi connectivity index (χ1v) is 7.67. The molecule has 1 heterocycles. The molecule has 0 aliphatic carbocycles. The number of aliphatic carboxylic acids is 1. The molecule has 0 bridgehead atoms. The van der Waals surface area contributed by atoms with Crippen LogP contribution in [0.2, 0.25) is 0 Å². The number of carboxylic acids is 1. The van der Waals surface area contributed by atoms with Gasteiger partial charge in [0.2, 0.25) is 0 Å². The van der Waals surface area contributed by atoms with Crippen molar-refractivity contribution in [2.45, 2.75) is 39.7 Å². The molecule has 120 valence electrons. The number of carbonyl (C=O) groups is 2. The fourth-order valence-corrected chi connectivity index (χ4v) is 2.66. The van der Waals surface area contributed by atoms with Gasteiger partial charge in [-0.3, -0.25) is 4.79 Å². The van der Waals surface area contributed by atoms with Gasteiger partial charge in [-0.1, -0.05) is 38.1 Å². The largest absolute Gasteiger partial charge is 0.481 e. The number of amides is 2. The van der Waals surface area contributed by atoms with Gasteiger partial charge in [-0.25, -0.2) is 4.79 Å². The Balaban J connectivity index is 1.91. The van der Waals surface area contributed by atoms with Crippen LogP contribution in [-0.2, 0) is 11.3 Å². The van der Waals surface area contributed by atoms with Crippen molar-refractivity contribution in [1.29, 1.82) is 0 Å². The Labute approximate surface area is 131 Å². The second kappa shape index (κ2) is 6.38. The normalized spacial score (nSPS) is 21.2. The van der Waals surface area contributed by atoms with Gasteiger partial charge >= 0.3 is 12.0 Å². The van der Waals surface area contributed by atoms with Crippen molar-refractivity contribution in [3.05, 3.63) is 35.4 Å². The molecule has 1 atom stereocenters. The molecule has 2 N–H and O–H groups in total. The first kappa shape index (κ1) is 16.3. The summed E-state index contributed by atoms with van der Waals surface area (Å²) in [4.78, 5) is 25.0. The lowest BCUT2D eigenvalue weighted by Gasteiger charge is -2.20. The summed E-state index contributed by atoms with van der Waals surface area (Å²) >= 11 is 0. The third-order valence-electron chi connectivity index (χ3n) is 4.34. The molecule has 2 rings (SSSR count). The predicted molar refractivity (Wildman–Crippen MR) is 84.7 cm³/mol. The summed E-state index contributed by atoms with van der Waals surface area (Å²) in [5, 5.41) is 12.1. The van der Waals surface area contributed by atoms with Crippen LogP contribution in [0.3, 0.4) is 0 Å². The van der Waals surface area contributed by atoms with Gasteiger partial charge in [0.15, 0.2) is 0 Å². The van der Waals surface area contributed by atoms with E-state index in [1.165, 1.54) is 5.56 Å². The summed E-state index contributed by atoms with van der Waals surface area (Å²) in [5.74, 6) is -0.391. The van der Waals surface area contributed by atoms with E-state index >= 15 is 0 Å². The van der Waals surface area contributed by atoms with E-state index in [2.05, 4.69) is 31.3 Å². The van der Waals surface area contributed by atoms with Gasteiger partial charge in [-0.15, -0.1) is 0 Å². The Morgan fingerprint density at radius 1 is 1.41 bits per heavy atom. The highest BCUT2D eigenvalue weighted by Crippen LogP contribution is 2.30. The smallest absolute Gasteiger partial charge is 0.317 e. The third kappa shape index (κ3) is 3.59. The van der Waals surface area contributed by atoms with Crippen LogP contribution >= 0.6 is 0 Å². The van der Waals surface area contributed by atoms with E-state index in [1.54, 1.807) is 11.8 Å². The van der Waals surface area contributed by atoms with Gasteiger partial charge in [-0.05, 0) is 30.4 Å². The first-order chi connectivity index (χ1) is 10.3. The molecule has 0 aromatic heterocycles. The average Bonchev–Trinajstić information content (AvgIpc) is 2.89. The summed E-state index contributed by atoms with van der Waals surface area (Å²) in [6, 6.07) is 7.96. The molecule has 1 fully saturated rings. The van der Waals surface area contributed by atoms with Gasteiger partial charge in [0.05, 0.1) is 5.41 Å². The molecule has 1 unspecified atom stereocenters. The Hall–Kier alpha value is -2.04. The molecule has 1 aliphatic rings. The summed E-state index contributed by atoms with van der Waals surface area (Å²) < 4.78 is 0. The lowest BCUT2D eigenvalue weighted by Crippen LogP contribution is -2.40. The van der Waals surface area contributed by atoms with Gasteiger partial charge in [0.1, 0.15) is 0 Å². The second-order valence-electron chi connectivity index (χ2n) is 6.60. The van der Waals surface area contributed by atoms with E-state index in [-0.39, 0.29) is 12.6 Å². The van der Waals surface area contributed by atoms with E-state index < -0.39 is 11.4 Å². The number of carbonyl (C=O) groups excluding carboxylic acids is 1. The number of nitrogens with one attached hydrogen (secondary N) is 1. The van der Waals surface area contributed by atoms with Crippen LogP contribution in [0.1, 0.15) is 44.2 Å². The number of benzene rings is 1. The number of likely N-dealkylation sites (tertiary alicyclic amines) is 1. The van der Waals surface area contributed by atoms with Crippen molar-refractivity contribution >= 4 is 12.0 Å². The van der Waals surface area contributed by atoms with Crippen molar-refractivity contribution in [3.8, 4) is 0 Å². The number of hydrogen-bond acceptors (Lipinski definition) is 2. The minimum Gasteiger partial charge on any atom is -0.481 e. The monoisotopic (exact) mass is 304 g/mol. The molecule has 0 spiro atoms. The molecule has 1 aromatic carbocycles. The van der Waals surface area contributed by atoms with Crippen LogP contribution in [0.25, 0.3) is 0 Å². The molecule has 22 heavy (non-hydrogen) atoms. The van der Waals surface area contributed by atoms with Crippen LogP contribution < -0.4 is 5.32 Å². The lowest BCUT2D eigenvalue weighted by atomic mass is 9.90. The minimum absolute atomic E-state index is 0.195. The van der Waals surface area contributed by atoms with E-state index in [0.29, 0.717) is 25.4 Å². The number of rotatable bonds is 4. The molecular weight excluding hydrogens is 280 g/mol. The van der Waals surface area contributed by atoms with E-state index in [1.807, 2.05) is 12.1 Å². The Bertz CT molecular complexity index is 571. The number of urea groups is 1. The van der Waals surface area contributed by atoms with Crippen LogP contribution in [-0.4, -0.2) is 35.1 Å². The first-order valence-electron chi connectivity index (χ1n) is 7.67. The van der Waals surface area contributed by atoms with Crippen molar-refractivity contribution in [2.24, 2.45) is 5.41 Å². The van der Waals surface area contributed by atoms with Crippen molar-refractivity contribution in [3.63, 3.8) is 0 Å². The standard InChI is InChI=1S/C17H24N2O3/c1-12(2)14-6-4-5-13(9-14)10-18-16(22)19-8-7-17(3,11-19)15(20)21/h4-6,9,12H,7-8,10-11H2,1-3H3,(H,18,22)(H,20,21). The Morgan fingerprint density at radius 2 is 2.14 bits per heavy atom. The van der Waals surface area contributed by atoms with Crippen LogP contribution in [0.5, 0.6) is 0 Å². The van der Waals surface area contributed by atoms with E-state index in [0.717, 1.165) is 5.56 Å².